The van der Waals surface area contributed by atoms with E-state index in [1.165, 1.54) is 0 Å². The number of amides is 3. The van der Waals surface area contributed by atoms with E-state index in [0.717, 1.165) is 41.3 Å². The van der Waals surface area contributed by atoms with Gasteiger partial charge in [0.1, 0.15) is 0 Å². The van der Waals surface area contributed by atoms with Crippen LogP contribution in [0.15, 0.2) is 28.7 Å². The summed E-state index contributed by atoms with van der Waals surface area (Å²) in [7, 11) is 6.38. The number of rotatable bonds is 5. The highest BCUT2D eigenvalue weighted by Gasteiger charge is 2.44. The van der Waals surface area contributed by atoms with Gasteiger partial charge in [0.25, 0.3) is 5.91 Å². The molecule has 3 aliphatic rings. The van der Waals surface area contributed by atoms with Gasteiger partial charge in [0.15, 0.2) is 28.6 Å². The van der Waals surface area contributed by atoms with Crippen molar-refractivity contribution in [2.75, 3.05) is 54.6 Å². The molecule has 0 unspecified atom stereocenters. The molecule has 2 saturated heterocycles. The molecule has 11 heteroatoms. The van der Waals surface area contributed by atoms with Gasteiger partial charge in [0, 0.05) is 56.0 Å². The molecule has 3 aromatic rings. The normalized spacial score (nSPS) is 22.1. The minimum absolute atomic E-state index is 0.0137. The van der Waals surface area contributed by atoms with Gasteiger partial charge in [0.2, 0.25) is 17.6 Å². The standard InChI is InChI=1S/C37H47N3O8/c1-22-27-12-13-29(44-2)36(47-5)35(27)48-33(22)37(43)39-19-24-17-26(21-39)28-9-6-10-31(41)38-15-7-8-25-16-23(11-14-32(42)40(28)20-24)18-30(45-3)34(25)46-4/h12-13,16,18,24,26,28H,6-11,14-15,17,19-21H2,1-5H3,(H,38,41)/t24-,26+,28-/m0/s1. The Labute approximate surface area is 281 Å². The zero-order valence-corrected chi connectivity index (χ0v) is 28.7. The summed E-state index contributed by atoms with van der Waals surface area (Å²) in [6.45, 7) is 4.11. The Morgan fingerprint density at radius 1 is 0.875 bits per heavy atom. The SMILES string of the molecule is COc1cc2cc(c1OC)CCCNC(=O)CCC[C@H]1[C@@H]3C[C@@H](CN(C(=O)c4oc5c(OC)c(OC)ccc5c4C)C3)CN1C(=O)CC2. The molecule has 0 aliphatic carbocycles. The zero-order valence-electron chi connectivity index (χ0n) is 28.7. The molecule has 3 amide bonds. The number of aryl methyl sites for hydroxylation is 3. The lowest BCUT2D eigenvalue weighted by molar-refractivity contribution is -0.140. The quantitative estimate of drug-likeness (QED) is 0.409. The molecule has 0 saturated carbocycles. The lowest BCUT2D eigenvalue weighted by atomic mass is 9.77. The molecule has 2 aromatic carbocycles. The van der Waals surface area contributed by atoms with Crippen LogP contribution >= 0.6 is 0 Å². The molecule has 1 aromatic heterocycles. The van der Waals surface area contributed by atoms with Crippen molar-refractivity contribution >= 4 is 28.7 Å². The maximum Gasteiger partial charge on any atom is 0.289 e. The molecule has 3 aliphatic heterocycles. The highest BCUT2D eigenvalue weighted by Crippen LogP contribution is 2.41. The van der Waals surface area contributed by atoms with Crippen molar-refractivity contribution in [3.63, 3.8) is 0 Å². The van der Waals surface area contributed by atoms with Crippen LogP contribution in [0.1, 0.15) is 65.8 Å². The van der Waals surface area contributed by atoms with Crippen LogP contribution in [0.2, 0.25) is 0 Å². The number of furan rings is 1. The van der Waals surface area contributed by atoms with E-state index in [4.69, 9.17) is 23.4 Å². The number of hydrogen-bond donors (Lipinski definition) is 1. The molecule has 4 bridgehead atoms. The van der Waals surface area contributed by atoms with E-state index < -0.39 is 0 Å². The highest BCUT2D eigenvalue weighted by atomic mass is 16.5. The molecule has 3 atom stereocenters. The number of carbonyl (C=O) groups is 3. The van der Waals surface area contributed by atoms with Crippen molar-refractivity contribution in [2.24, 2.45) is 11.8 Å². The number of likely N-dealkylation sites (tertiary alicyclic amines) is 1. The third-order valence-corrected chi connectivity index (χ3v) is 10.3. The third-order valence-electron chi connectivity index (χ3n) is 10.3. The van der Waals surface area contributed by atoms with Gasteiger partial charge in [-0.3, -0.25) is 14.4 Å². The second-order valence-corrected chi connectivity index (χ2v) is 13.3. The fourth-order valence-corrected chi connectivity index (χ4v) is 8.01. The number of hydrogen-bond acceptors (Lipinski definition) is 8. The predicted molar refractivity (Wildman–Crippen MR) is 180 cm³/mol. The summed E-state index contributed by atoms with van der Waals surface area (Å²) in [5, 5.41) is 3.87. The van der Waals surface area contributed by atoms with Crippen molar-refractivity contribution in [2.45, 2.75) is 64.3 Å². The number of carbonyl (C=O) groups excluding carboxylic acids is 3. The Morgan fingerprint density at radius 3 is 2.42 bits per heavy atom. The number of fused-ring (bicyclic) bond motifs is 7. The summed E-state index contributed by atoms with van der Waals surface area (Å²) in [6.07, 6.45) is 5.17. The summed E-state index contributed by atoms with van der Waals surface area (Å²) < 4.78 is 28.5. The fourth-order valence-electron chi connectivity index (χ4n) is 8.01. The number of piperidine rings is 2. The summed E-state index contributed by atoms with van der Waals surface area (Å²) in [5.41, 5.74) is 3.28. The summed E-state index contributed by atoms with van der Waals surface area (Å²) >= 11 is 0. The Hall–Kier alpha value is -4.41. The molecule has 6 rings (SSSR count). The van der Waals surface area contributed by atoms with Gasteiger partial charge in [0.05, 0.1) is 28.4 Å². The largest absolute Gasteiger partial charge is 0.493 e. The smallest absolute Gasteiger partial charge is 0.289 e. The predicted octanol–water partition coefficient (Wildman–Crippen LogP) is 4.93. The number of nitrogens with zero attached hydrogens (tertiary/aromatic N) is 2. The second-order valence-electron chi connectivity index (χ2n) is 13.3. The number of nitrogens with one attached hydrogen (secondary N) is 1. The van der Waals surface area contributed by atoms with Gasteiger partial charge in [-0.15, -0.1) is 0 Å². The monoisotopic (exact) mass is 661 g/mol. The van der Waals surface area contributed by atoms with Crippen LogP contribution in [0.5, 0.6) is 23.0 Å². The molecule has 11 nitrogen and oxygen atoms in total. The maximum absolute atomic E-state index is 14.1. The van der Waals surface area contributed by atoms with Crippen molar-refractivity contribution in [1.29, 1.82) is 0 Å². The topological polar surface area (TPSA) is 120 Å². The molecule has 4 heterocycles. The van der Waals surface area contributed by atoms with Crippen LogP contribution in [0.25, 0.3) is 11.0 Å². The minimum atomic E-state index is -0.156. The van der Waals surface area contributed by atoms with Gasteiger partial charge in [-0.25, -0.2) is 0 Å². The fraction of sp³-hybridized carbons (Fsp3) is 0.541. The molecular formula is C37H47N3O8. The molecular weight excluding hydrogens is 614 g/mol. The van der Waals surface area contributed by atoms with Gasteiger partial charge >= 0.3 is 0 Å². The first-order valence-electron chi connectivity index (χ1n) is 17.0. The van der Waals surface area contributed by atoms with Crippen LogP contribution in [0, 0.1) is 18.8 Å². The zero-order chi connectivity index (χ0) is 33.9. The van der Waals surface area contributed by atoms with Gasteiger partial charge in [-0.1, -0.05) is 6.07 Å². The summed E-state index contributed by atoms with van der Waals surface area (Å²) in [5.74, 6) is 2.85. The Balaban J connectivity index is 1.24. The van der Waals surface area contributed by atoms with Gasteiger partial charge < -0.3 is 38.5 Å². The van der Waals surface area contributed by atoms with Crippen LogP contribution in [0.4, 0.5) is 0 Å². The third kappa shape index (κ3) is 6.51. The van der Waals surface area contributed by atoms with Crippen molar-refractivity contribution in [3.05, 3.63) is 46.7 Å². The van der Waals surface area contributed by atoms with E-state index in [1.54, 1.807) is 28.4 Å². The van der Waals surface area contributed by atoms with E-state index in [0.29, 0.717) is 92.6 Å². The van der Waals surface area contributed by atoms with Gasteiger partial charge in [-0.05, 0) is 86.6 Å². The Morgan fingerprint density at radius 2 is 1.67 bits per heavy atom. The number of benzene rings is 2. The van der Waals surface area contributed by atoms with Crippen LogP contribution in [0.3, 0.4) is 0 Å². The first kappa shape index (κ1) is 33.5. The molecule has 2 fully saturated rings. The van der Waals surface area contributed by atoms with E-state index in [9.17, 15) is 14.4 Å². The van der Waals surface area contributed by atoms with Crippen molar-refractivity contribution in [1.82, 2.24) is 15.1 Å². The van der Waals surface area contributed by atoms with Crippen LogP contribution < -0.4 is 24.3 Å². The lowest BCUT2D eigenvalue weighted by Crippen LogP contribution is -2.60. The van der Waals surface area contributed by atoms with Crippen LogP contribution in [-0.2, 0) is 22.4 Å². The van der Waals surface area contributed by atoms with E-state index in [1.807, 2.05) is 30.0 Å². The maximum atomic E-state index is 14.1. The first-order chi connectivity index (χ1) is 23.3. The van der Waals surface area contributed by atoms with E-state index in [-0.39, 0.29) is 35.6 Å². The summed E-state index contributed by atoms with van der Waals surface area (Å²) in [4.78, 5) is 44.8. The summed E-state index contributed by atoms with van der Waals surface area (Å²) in [6, 6.07) is 7.69. The van der Waals surface area contributed by atoms with Crippen molar-refractivity contribution in [3.8, 4) is 23.0 Å². The van der Waals surface area contributed by atoms with E-state index >= 15 is 0 Å². The van der Waals surface area contributed by atoms with Gasteiger partial charge in [-0.2, -0.15) is 0 Å². The van der Waals surface area contributed by atoms with Crippen LogP contribution in [-0.4, -0.2) is 88.2 Å². The Bertz CT molecular complexity index is 1680. The molecule has 0 radical (unpaired) electrons. The molecule has 258 valence electrons. The first-order valence-corrected chi connectivity index (χ1v) is 17.0. The molecule has 0 spiro atoms. The minimum Gasteiger partial charge on any atom is -0.493 e. The second kappa shape index (κ2) is 14.4. The van der Waals surface area contributed by atoms with Crippen molar-refractivity contribution < 1.29 is 37.7 Å². The number of ether oxygens (including phenoxy) is 4. The average molecular weight is 662 g/mol. The molecule has 1 N–H and O–H groups in total. The number of methoxy groups -OCH3 is 4. The average Bonchev–Trinajstić information content (AvgIpc) is 3.43. The van der Waals surface area contributed by atoms with E-state index in [2.05, 4.69) is 16.3 Å². The Kier molecular flexibility index (Phi) is 10.0. The lowest BCUT2D eigenvalue weighted by Gasteiger charge is -2.51. The highest BCUT2D eigenvalue weighted by molar-refractivity contribution is 6.01. The molecule has 48 heavy (non-hydrogen) atoms.